The fraction of sp³-hybridized carbons (Fsp3) is 0.500. The van der Waals surface area contributed by atoms with Gasteiger partial charge in [0.1, 0.15) is 0 Å². The molecular formula is C14H18N2OS2. The number of nitrogens with zero attached hydrogens (tertiary/aromatic N) is 2. The normalized spacial score (nSPS) is 18.3. The number of thiophene rings is 1. The van der Waals surface area contributed by atoms with Crippen molar-refractivity contribution in [2.24, 2.45) is 0 Å². The van der Waals surface area contributed by atoms with Gasteiger partial charge in [-0.05, 0) is 37.1 Å². The lowest BCUT2D eigenvalue weighted by atomic mass is 10.0. The van der Waals surface area contributed by atoms with E-state index in [1.165, 1.54) is 9.75 Å². The van der Waals surface area contributed by atoms with Crippen LogP contribution in [0.3, 0.4) is 0 Å². The van der Waals surface area contributed by atoms with Crippen LogP contribution < -0.4 is 4.90 Å². The number of likely N-dealkylation sites (N-methyl/N-ethyl adjacent to an activating group) is 1. The molecule has 0 fully saturated rings. The van der Waals surface area contributed by atoms with Crippen LogP contribution in [0.5, 0.6) is 0 Å². The molecule has 3 rings (SSSR count). The number of aliphatic hydroxyl groups is 1. The molecule has 2 aromatic heterocycles. The second kappa shape index (κ2) is 5.61. The van der Waals surface area contributed by atoms with E-state index in [0.717, 1.165) is 43.1 Å². The van der Waals surface area contributed by atoms with Gasteiger partial charge in [-0.15, -0.1) is 22.7 Å². The molecule has 102 valence electrons. The van der Waals surface area contributed by atoms with E-state index in [0.29, 0.717) is 0 Å². The third-order valence-electron chi connectivity index (χ3n) is 3.51. The van der Waals surface area contributed by atoms with Gasteiger partial charge in [-0.3, -0.25) is 0 Å². The molecule has 0 spiro atoms. The Morgan fingerprint density at radius 2 is 2.42 bits per heavy atom. The highest BCUT2D eigenvalue weighted by Crippen LogP contribution is 2.36. The largest absolute Gasteiger partial charge is 0.387 e. The molecule has 1 unspecified atom stereocenters. The minimum atomic E-state index is -0.348. The van der Waals surface area contributed by atoms with Gasteiger partial charge in [0, 0.05) is 23.3 Å². The first kappa shape index (κ1) is 13.1. The van der Waals surface area contributed by atoms with E-state index < -0.39 is 0 Å². The average molecular weight is 294 g/mol. The maximum atomic E-state index is 9.96. The standard InChI is InChI=1S/C14H18N2OS2/c1-16(8-7-10-4-3-9-18-10)14-15-13-11(17)5-2-6-12(13)19-14/h3-4,9,11,17H,2,5-8H2,1H3. The number of hydrogen-bond acceptors (Lipinski definition) is 5. The third-order valence-corrected chi connectivity index (χ3v) is 5.69. The third kappa shape index (κ3) is 2.83. The number of anilines is 1. The first-order valence-corrected chi connectivity index (χ1v) is 8.35. The fourth-order valence-corrected chi connectivity index (χ4v) is 4.22. The Morgan fingerprint density at radius 3 is 3.16 bits per heavy atom. The number of thiazole rings is 1. The lowest BCUT2D eigenvalue weighted by Gasteiger charge is -2.15. The van der Waals surface area contributed by atoms with E-state index in [1.54, 1.807) is 22.7 Å². The Hall–Kier alpha value is -0.910. The van der Waals surface area contributed by atoms with Crippen LogP contribution in [0, 0.1) is 0 Å². The minimum absolute atomic E-state index is 0.348. The zero-order chi connectivity index (χ0) is 13.2. The summed E-state index contributed by atoms with van der Waals surface area (Å²) in [6.07, 6.45) is 3.72. The van der Waals surface area contributed by atoms with Crippen molar-refractivity contribution in [3.8, 4) is 0 Å². The zero-order valence-corrected chi connectivity index (χ0v) is 12.6. The summed E-state index contributed by atoms with van der Waals surface area (Å²) in [5, 5.41) is 13.1. The van der Waals surface area contributed by atoms with E-state index >= 15 is 0 Å². The molecule has 0 aliphatic heterocycles. The van der Waals surface area contributed by atoms with E-state index in [2.05, 4.69) is 34.4 Å². The Bertz CT molecular complexity index is 536. The molecule has 1 aliphatic carbocycles. The number of fused-ring (bicyclic) bond motifs is 1. The van der Waals surface area contributed by atoms with Gasteiger partial charge in [-0.2, -0.15) is 0 Å². The molecular weight excluding hydrogens is 276 g/mol. The van der Waals surface area contributed by atoms with Crippen molar-refractivity contribution in [3.63, 3.8) is 0 Å². The van der Waals surface area contributed by atoms with E-state index in [9.17, 15) is 5.11 Å². The van der Waals surface area contributed by atoms with Gasteiger partial charge in [-0.25, -0.2) is 4.98 Å². The molecule has 19 heavy (non-hydrogen) atoms. The van der Waals surface area contributed by atoms with Crippen LogP contribution in [-0.2, 0) is 12.8 Å². The molecule has 0 radical (unpaired) electrons. The van der Waals surface area contributed by atoms with Crippen LogP contribution in [0.2, 0.25) is 0 Å². The average Bonchev–Trinajstić information content (AvgIpc) is 3.05. The molecule has 0 amide bonds. The van der Waals surface area contributed by atoms with Crippen molar-refractivity contribution >= 4 is 27.8 Å². The van der Waals surface area contributed by atoms with Gasteiger partial charge in [-0.1, -0.05) is 6.07 Å². The summed E-state index contributed by atoms with van der Waals surface area (Å²) in [5.41, 5.74) is 0.925. The van der Waals surface area contributed by atoms with Gasteiger partial charge < -0.3 is 10.0 Å². The molecule has 2 aromatic rings. The number of aromatic nitrogens is 1. The van der Waals surface area contributed by atoms with Crippen molar-refractivity contribution in [2.45, 2.75) is 31.8 Å². The Kier molecular flexibility index (Phi) is 3.86. The molecule has 1 N–H and O–H groups in total. The Morgan fingerprint density at radius 1 is 1.53 bits per heavy atom. The summed E-state index contributed by atoms with van der Waals surface area (Å²) in [5.74, 6) is 0. The topological polar surface area (TPSA) is 36.4 Å². The molecule has 0 aromatic carbocycles. The monoisotopic (exact) mass is 294 g/mol. The molecule has 2 heterocycles. The number of aliphatic hydroxyl groups excluding tert-OH is 1. The number of rotatable bonds is 4. The predicted molar refractivity (Wildman–Crippen MR) is 81.3 cm³/mol. The van der Waals surface area contributed by atoms with Crippen molar-refractivity contribution in [2.75, 3.05) is 18.5 Å². The summed E-state index contributed by atoms with van der Waals surface area (Å²) in [7, 11) is 2.09. The number of aryl methyl sites for hydroxylation is 1. The lowest BCUT2D eigenvalue weighted by Crippen LogP contribution is -2.19. The second-order valence-corrected chi connectivity index (χ2v) is 7.06. The van der Waals surface area contributed by atoms with Gasteiger partial charge in [0.25, 0.3) is 0 Å². The van der Waals surface area contributed by atoms with Crippen LogP contribution in [0.1, 0.15) is 34.4 Å². The highest BCUT2D eigenvalue weighted by Gasteiger charge is 2.23. The van der Waals surface area contributed by atoms with Crippen LogP contribution in [0.25, 0.3) is 0 Å². The van der Waals surface area contributed by atoms with Crippen LogP contribution in [-0.4, -0.2) is 23.7 Å². The van der Waals surface area contributed by atoms with E-state index in [-0.39, 0.29) is 6.10 Å². The summed E-state index contributed by atoms with van der Waals surface area (Å²) in [6, 6.07) is 4.27. The highest BCUT2D eigenvalue weighted by molar-refractivity contribution is 7.15. The Labute approximate surface area is 121 Å². The second-order valence-electron chi connectivity index (χ2n) is 4.96. The molecule has 5 heteroatoms. The predicted octanol–water partition coefficient (Wildman–Crippen LogP) is 3.25. The minimum Gasteiger partial charge on any atom is -0.387 e. The van der Waals surface area contributed by atoms with Crippen LogP contribution >= 0.6 is 22.7 Å². The molecule has 0 bridgehead atoms. The molecule has 3 nitrogen and oxygen atoms in total. The summed E-state index contributed by atoms with van der Waals surface area (Å²) >= 11 is 3.55. The van der Waals surface area contributed by atoms with Crippen LogP contribution in [0.4, 0.5) is 5.13 Å². The SMILES string of the molecule is CN(CCc1cccs1)c1nc2c(s1)CCCC2O. The van der Waals surface area contributed by atoms with E-state index in [1.807, 2.05) is 0 Å². The van der Waals surface area contributed by atoms with Crippen molar-refractivity contribution in [1.29, 1.82) is 0 Å². The molecule has 1 aliphatic rings. The van der Waals surface area contributed by atoms with Crippen LogP contribution in [0.15, 0.2) is 17.5 Å². The fourth-order valence-electron chi connectivity index (χ4n) is 2.37. The summed E-state index contributed by atoms with van der Waals surface area (Å²) in [6.45, 7) is 0.975. The maximum absolute atomic E-state index is 9.96. The van der Waals surface area contributed by atoms with Gasteiger partial charge in [0.2, 0.25) is 0 Å². The highest BCUT2D eigenvalue weighted by atomic mass is 32.1. The maximum Gasteiger partial charge on any atom is 0.185 e. The zero-order valence-electron chi connectivity index (χ0n) is 11.0. The molecule has 0 saturated heterocycles. The first-order valence-electron chi connectivity index (χ1n) is 6.65. The Balaban J connectivity index is 1.68. The number of hydrogen-bond donors (Lipinski definition) is 1. The van der Waals surface area contributed by atoms with Crippen molar-refractivity contribution < 1.29 is 5.11 Å². The van der Waals surface area contributed by atoms with Crippen molar-refractivity contribution in [3.05, 3.63) is 33.0 Å². The smallest absolute Gasteiger partial charge is 0.185 e. The van der Waals surface area contributed by atoms with Gasteiger partial charge in [0.15, 0.2) is 5.13 Å². The summed E-state index contributed by atoms with van der Waals surface area (Å²) < 4.78 is 0. The molecule has 1 atom stereocenters. The first-order chi connectivity index (χ1) is 9.24. The van der Waals surface area contributed by atoms with Crippen molar-refractivity contribution in [1.82, 2.24) is 4.98 Å². The lowest BCUT2D eigenvalue weighted by molar-refractivity contribution is 0.153. The van der Waals surface area contributed by atoms with E-state index in [4.69, 9.17) is 0 Å². The van der Waals surface area contributed by atoms with Gasteiger partial charge >= 0.3 is 0 Å². The van der Waals surface area contributed by atoms with Gasteiger partial charge in [0.05, 0.1) is 11.8 Å². The molecule has 0 saturated carbocycles. The quantitative estimate of drug-likeness (QED) is 0.940. The summed E-state index contributed by atoms with van der Waals surface area (Å²) in [4.78, 5) is 9.52.